The van der Waals surface area contributed by atoms with Crippen LogP contribution < -0.4 is 10.5 Å². The van der Waals surface area contributed by atoms with Crippen LogP contribution in [0.4, 0.5) is 5.69 Å². The Balaban J connectivity index is 0.00000242. The first-order chi connectivity index (χ1) is 9.86. The minimum absolute atomic E-state index is 0. The predicted octanol–water partition coefficient (Wildman–Crippen LogP) is 1.14. The number of nitrogens with two attached hydrogens (primary N) is 1. The topological polar surface area (TPSA) is 116 Å². The maximum atomic E-state index is 12.5. The zero-order chi connectivity index (χ0) is 15.6. The molecule has 1 unspecified atom stereocenters. The number of nitro benzene ring substituents is 1. The van der Waals surface area contributed by atoms with Gasteiger partial charge in [-0.05, 0) is 25.0 Å². The van der Waals surface area contributed by atoms with E-state index in [1.807, 2.05) is 0 Å². The van der Waals surface area contributed by atoms with Gasteiger partial charge in [-0.3, -0.25) is 10.1 Å². The molecule has 0 aliphatic carbocycles. The van der Waals surface area contributed by atoms with Crippen molar-refractivity contribution in [2.45, 2.75) is 23.8 Å². The molecule has 0 aromatic heterocycles. The van der Waals surface area contributed by atoms with E-state index in [0.29, 0.717) is 13.0 Å². The molecular formula is C12H18ClN3O5S. The number of methoxy groups -OCH3 is 1. The van der Waals surface area contributed by atoms with Gasteiger partial charge in [0, 0.05) is 25.2 Å². The molecule has 1 aliphatic heterocycles. The molecule has 1 saturated heterocycles. The maximum Gasteiger partial charge on any atom is 0.312 e. The molecule has 1 atom stereocenters. The highest BCUT2D eigenvalue weighted by Crippen LogP contribution is 2.31. The molecule has 0 amide bonds. The van der Waals surface area contributed by atoms with E-state index in [4.69, 9.17) is 10.5 Å². The number of halogens is 1. The first-order valence-corrected chi connectivity index (χ1v) is 7.88. The molecular weight excluding hydrogens is 334 g/mol. The summed E-state index contributed by atoms with van der Waals surface area (Å²) in [6.07, 6.45) is 1.45. The predicted molar refractivity (Wildman–Crippen MR) is 82.9 cm³/mol. The van der Waals surface area contributed by atoms with Crippen molar-refractivity contribution in [1.82, 2.24) is 4.31 Å². The van der Waals surface area contributed by atoms with Gasteiger partial charge in [0.2, 0.25) is 10.0 Å². The SMILES string of the molecule is COc1ccc(S(=O)(=O)N2CCCC(N)C2)cc1[N+](=O)[O-].Cl. The number of hydrogen-bond acceptors (Lipinski definition) is 6. The summed E-state index contributed by atoms with van der Waals surface area (Å²) in [5.41, 5.74) is 5.41. The average Bonchev–Trinajstić information content (AvgIpc) is 2.46. The van der Waals surface area contributed by atoms with E-state index >= 15 is 0 Å². The number of sulfonamides is 1. The summed E-state index contributed by atoms with van der Waals surface area (Å²) in [5, 5.41) is 11.0. The molecule has 1 fully saturated rings. The summed E-state index contributed by atoms with van der Waals surface area (Å²) in [7, 11) is -2.49. The van der Waals surface area contributed by atoms with E-state index in [1.165, 1.54) is 23.5 Å². The van der Waals surface area contributed by atoms with Gasteiger partial charge in [0.25, 0.3) is 0 Å². The number of nitro groups is 1. The lowest BCUT2D eigenvalue weighted by atomic mass is 10.1. The van der Waals surface area contributed by atoms with Crippen LogP contribution in [-0.2, 0) is 10.0 Å². The fourth-order valence-corrected chi connectivity index (χ4v) is 3.87. The number of nitrogens with zero attached hydrogens (tertiary/aromatic N) is 2. The van der Waals surface area contributed by atoms with Crippen LogP contribution in [0, 0.1) is 10.1 Å². The van der Waals surface area contributed by atoms with E-state index in [2.05, 4.69) is 0 Å². The van der Waals surface area contributed by atoms with Gasteiger partial charge in [-0.25, -0.2) is 8.42 Å². The highest BCUT2D eigenvalue weighted by molar-refractivity contribution is 7.89. The van der Waals surface area contributed by atoms with Crippen LogP contribution in [0.5, 0.6) is 5.75 Å². The Bertz CT molecular complexity index is 652. The van der Waals surface area contributed by atoms with Crippen molar-refractivity contribution in [3.63, 3.8) is 0 Å². The van der Waals surface area contributed by atoms with Crippen LogP contribution in [0.3, 0.4) is 0 Å². The summed E-state index contributed by atoms with van der Waals surface area (Å²) < 4.78 is 31.2. The van der Waals surface area contributed by atoms with Gasteiger partial charge in [0.1, 0.15) is 0 Å². The number of hydrogen-bond donors (Lipinski definition) is 1. The van der Waals surface area contributed by atoms with Crippen molar-refractivity contribution in [1.29, 1.82) is 0 Å². The molecule has 10 heteroatoms. The summed E-state index contributed by atoms with van der Waals surface area (Å²) in [6.45, 7) is 0.595. The minimum atomic E-state index is -3.78. The molecule has 0 spiro atoms. The third kappa shape index (κ3) is 3.67. The van der Waals surface area contributed by atoms with Crippen molar-refractivity contribution in [2.75, 3.05) is 20.2 Å². The molecule has 2 N–H and O–H groups in total. The lowest BCUT2D eigenvalue weighted by molar-refractivity contribution is -0.386. The molecule has 1 heterocycles. The highest BCUT2D eigenvalue weighted by atomic mass is 35.5. The van der Waals surface area contributed by atoms with E-state index in [9.17, 15) is 18.5 Å². The standard InChI is InChI=1S/C12H17N3O5S.ClH/c1-20-12-5-4-10(7-11(12)15(16)17)21(18,19)14-6-2-3-9(13)8-14;/h4-5,7,9H,2-3,6,8,13H2,1H3;1H. The highest BCUT2D eigenvalue weighted by Gasteiger charge is 2.30. The smallest absolute Gasteiger partial charge is 0.312 e. The Morgan fingerprint density at radius 2 is 2.14 bits per heavy atom. The summed E-state index contributed by atoms with van der Waals surface area (Å²) in [5.74, 6) is 0.0225. The van der Waals surface area contributed by atoms with Crippen molar-refractivity contribution < 1.29 is 18.1 Å². The van der Waals surface area contributed by atoms with Gasteiger partial charge >= 0.3 is 5.69 Å². The second kappa shape index (κ2) is 7.23. The van der Waals surface area contributed by atoms with E-state index in [0.717, 1.165) is 12.5 Å². The first kappa shape index (κ1) is 18.6. The molecule has 1 aromatic carbocycles. The molecule has 1 aliphatic rings. The van der Waals surface area contributed by atoms with Crippen LogP contribution in [0.2, 0.25) is 0 Å². The van der Waals surface area contributed by atoms with Gasteiger partial charge in [-0.15, -0.1) is 12.4 Å². The van der Waals surface area contributed by atoms with Gasteiger partial charge in [0.15, 0.2) is 5.75 Å². The van der Waals surface area contributed by atoms with Crippen LogP contribution in [-0.4, -0.2) is 43.9 Å². The minimum Gasteiger partial charge on any atom is -0.490 e. The quantitative estimate of drug-likeness (QED) is 0.642. The van der Waals surface area contributed by atoms with Crippen molar-refractivity contribution in [3.8, 4) is 5.75 Å². The molecule has 8 nitrogen and oxygen atoms in total. The van der Waals surface area contributed by atoms with E-state index in [1.54, 1.807) is 0 Å². The zero-order valence-electron chi connectivity index (χ0n) is 12.0. The average molecular weight is 352 g/mol. The maximum absolute atomic E-state index is 12.5. The van der Waals surface area contributed by atoms with Crippen LogP contribution >= 0.6 is 12.4 Å². The molecule has 0 radical (unpaired) electrons. The van der Waals surface area contributed by atoms with Gasteiger partial charge in [-0.2, -0.15) is 4.31 Å². The summed E-state index contributed by atoms with van der Waals surface area (Å²) >= 11 is 0. The third-order valence-electron chi connectivity index (χ3n) is 3.41. The Hall–Kier alpha value is -1.42. The molecule has 2 rings (SSSR count). The Morgan fingerprint density at radius 1 is 1.45 bits per heavy atom. The number of benzene rings is 1. The van der Waals surface area contributed by atoms with Crippen molar-refractivity contribution >= 4 is 28.1 Å². The normalized spacial score (nSPS) is 19.3. The fourth-order valence-electron chi connectivity index (χ4n) is 2.31. The van der Waals surface area contributed by atoms with Gasteiger partial charge in [0.05, 0.1) is 16.9 Å². The van der Waals surface area contributed by atoms with Gasteiger partial charge < -0.3 is 10.5 Å². The molecule has 0 saturated carbocycles. The van der Waals surface area contributed by atoms with Gasteiger partial charge in [-0.1, -0.05) is 0 Å². The molecule has 124 valence electrons. The Labute approximate surface area is 134 Å². The second-order valence-corrected chi connectivity index (χ2v) is 6.79. The summed E-state index contributed by atoms with van der Waals surface area (Å²) in [6, 6.07) is 3.41. The molecule has 22 heavy (non-hydrogen) atoms. The second-order valence-electron chi connectivity index (χ2n) is 4.86. The van der Waals surface area contributed by atoms with E-state index < -0.39 is 14.9 Å². The third-order valence-corrected chi connectivity index (χ3v) is 5.27. The first-order valence-electron chi connectivity index (χ1n) is 6.44. The lowest BCUT2D eigenvalue weighted by Gasteiger charge is -2.29. The fraction of sp³-hybridized carbons (Fsp3) is 0.500. The van der Waals surface area contributed by atoms with Crippen molar-refractivity contribution in [3.05, 3.63) is 28.3 Å². The number of piperidine rings is 1. The zero-order valence-corrected chi connectivity index (χ0v) is 13.6. The van der Waals surface area contributed by atoms with E-state index in [-0.39, 0.29) is 41.3 Å². The summed E-state index contributed by atoms with van der Waals surface area (Å²) in [4.78, 5) is 10.2. The van der Waals surface area contributed by atoms with Crippen LogP contribution in [0.1, 0.15) is 12.8 Å². The molecule has 1 aromatic rings. The van der Waals surface area contributed by atoms with Crippen LogP contribution in [0.25, 0.3) is 0 Å². The van der Waals surface area contributed by atoms with Crippen molar-refractivity contribution in [2.24, 2.45) is 5.73 Å². The largest absolute Gasteiger partial charge is 0.490 e. The lowest BCUT2D eigenvalue weighted by Crippen LogP contribution is -2.45. The number of rotatable bonds is 4. The number of ether oxygens (including phenoxy) is 1. The monoisotopic (exact) mass is 351 g/mol. The Kier molecular flexibility index (Phi) is 6.12. The molecule has 0 bridgehead atoms. The van der Waals surface area contributed by atoms with Crippen LogP contribution in [0.15, 0.2) is 23.1 Å². The Morgan fingerprint density at radius 3 is 2.68 bits per heavy atom.